The standard InChI is InChI=1S/C17H34N6O5S/c18-6-1-2-7-20-8-3-9-21-15(25)10-22-16(26)13(11-29)23-14(24)5-4-12(19)17(27)28/h12-13,20,29H,1-11,18-19H2,(H,21,25)(H,22,26)(H,23,24)(H,27,28)/t12-,13+/m0/s1. The van der Waals surface area contributed by atoms with Gasteiger partial charge < -0.3 is 37.8 Å². The van der Waals surface area contributed by atoms with Crippen LogP contribution in [0.3, 0.4) is 0 Å². The molecule has 0 aliphatic carbocycles. The van der Waals surface area contributed by atoms with Crippen molar-refractivity contribution in [3.05, 3.63) is 0 Å². The average molecular weight is 435 g/mol. The quantitative estimate of drug-likeness (QED) is 0.0913. The van der Waals surface area contributed by atoms with Crippen LogP contribution in [0, 0.1) is 0 Å². The van der Waals surface area contributed by atoms with Crippen LogP contribution in [-0.2, 0) is 19.2 Å². The van der Waals surface area contributed by atoms with Crippen LogP contribution in [0.5, 0.6) is 0 Å². The van der Waals surface area contributed by atoms with Crippen molar-refractivity contribution < 1.29 is 24.3 Å². The van der Waals surface area contributed by atoms with E-state index in [9.17, 15) is 19.2 Å². The smallest absolute Gasteiger partial charge is 0.320 e. The Balaban J connectivity index is 3.96. The molecule has 0 aromatic heterocycles. The molecule has 0 rings (SSSR count). The summed E-state index contributed by atoms with van der Waals surface area (Å²) in [4.78, 5) is 46.3. The largest absolute Gasteiger partial charge is 0.480 e. The van der Waals surface area contributed by atoms with Crippen LogP contribution >= 0.6 is 12.6 Å². The molecule has 0 spiro atoms. The van der Waals surface area contributed by atoms with E-state index in [0.29, 0.717) is 13.1 Å². The summed E-state index contributed by atoms with van der Waals surface area (Å²) in [6.07, 6.45) is 2.57. The first-order chi connectivity index (χ1) is 13.8. The molecule has 168 valence electrons. The van der Waals surface area contributed by atoms with E-state index in [0.717, 1.165) is 32.4 Å². The highest BCUT2D eigenvalue weighted by molar-refractivity contribution is 7.80. The van der Waals surface area contributed by atoms with E-state index in [2.05, 4.69) is 33.9 Å². The minimum Gasteiger partial charge on any atom is -0.480 e. The molecule has 0 aliphatic rings. The van der Waals surface area contributed by atoms with Crippen LogP contribution in [0.2, 0.25) is 0 Å². The van der Waals surface area contributed by atoms with Crippen LogP contribution in [0.15, 0.2) is 0 Å². The van der Waals surface area contributed by atoms with Gasteiger partial charge in [-0.15, -0.1) is 0 Å². The maximum Gasteiger partial charge on any atom is 0.320 e. The summed E-state index contributed by atoms with van der Waals surface area (Å²) in [5.41, 5.74) is 10.7. The lowest BCUT2D eigenvalue weighted by atomic mass is 10.1. The van der Waals surface area contributed by atoms with E-state index in [-0.39, 0.29) is 31.0 Å². The zero-order chi connectivity index (χ0) is 22.1. The lowest BCUT2D eigenvalue weighted by Crippen LogP contribution is -2.50. The van der Waals surface area contributed by atoms with Crippen LogP contribution in [-0.4, -0.2) is 79.4 Å². The van der Waals surface area contributed by atoms with Crippen LogP contribution < -0.4 is 32.7 Å². The number of carbonyl (C=O) groups excluding carboxylic acids is 3. The van der Waals surface area contributed by atoms with Gasteiger partial charge in [0.2, 0.25) is 17.7 Å². The molecule has 0 radical (unpaired) electrons. The van der Waals surface area contributed by atoms with Gasteiger partial charge in [-0.1, -0.05) is 0 Å². The molecule has 0 aliphatic heterocycles. The second-order valence-corrected chi connectivity index (χ2v) is 6.82. The molecule has 0 aromatic carbocycles. The molecule has 2 atom stereocenters. The van der Waals surface area contributed by atoms with Gasteiger partial charge in [-0.3, -0.25) is 19.2 Å². The van der Waals surface area contributed by atoms with Crippen LogP contribution in [0.4, 0.5) is 0 Å². The Kier molecular flexibility index (Phi) is 15.9. The predicted octanol–water partition coefficient (Wildman–Crippen LogP) is -2.46. The fraction of sp³-hybridized carbons (Fsp3) is 0.765. The van der Waals surface area contributed by atoms with Gasteiger partial charge in [0.1, 0.15) is 12.1 Å². The third-order valence-electron chi connectivity index (χ3n) is 3.92. The van der Waals surface area contributed by atoms with E-state index in [1.54, 1.807) is 0 Å². The van der Waals surface area contributed by atoms with Crippen molar-refractivity contribution in [3.8, 4) is 0 Å². The van der Waals surface area contributed by atoms with Crippen molar-refractivity contribution in [1.29, 1.82) is 0 Å². The summed E-state index contributed by atoms with van der Waals surface area (Å²) in [6.45, 7) is 2.61. The minimum absolute atomic E-state index is 0.0278. The van der Waals surface area contributed by atoms with Crippen molar-refractivity contribution in [1.82, 2.24) is 21.3 Å². The Bertz CT molecular complexity index is 523. The van der Waals surface area contributed by atoms with Crippen molar-refractivity contribution in [3.63, 3.8) is 0 Å². The first kappa shape index (κ1) is 27.1. The molecule has 12 heteroatoms. The highest BCUT2D eigenvalue weighted by Crippen LogP contribution is 1.97. The van der Waals surface area contributed by atoms with Crippen molar-refractivity contribution in [2.24, 2.45) is 11.5 Å². The number of thiol groups is 1. The lowest BCUT2D eigenvalue weighted by molar-refractivity contribution is -0.138. The number of hydrogen-bond donors (Lipinski definition) is 8. The van der Waals surface area contributed by atoms with Gasteiger partial charge in [0.15, 0.2) is 0 Å². The highest BCUT2D eigenvalue weighted by atomic mass is 32.1. The maximum absolute atomic E-state index is 12.1. The van der Waals surface area contributed by atoms with Crippen molar-refractivity contribution in [2.75, 3.05) is 38.5 Å². The van der Waals surface area contributed by atoms with Crippen molar-refractivity contribution in [2.45, 2.75) is 44.2 Å². The molecular weight excluding hydrogens is 400 g/mol. The maximum atomic E-state index is 12.1. The Morgan fingerprint density at radius 3 is 2.28 bits per heavy atom. The molecule has 0 bridgehead atoms. The SMILES string of the molecule is NCCCCNCCCNC(=O)CNC(=O)[C@@H](CS)NC(=O)CC[C@H](N)C(=O)O. The number of aliphatic carboxylic acids is 1. The Morgan fingerprint density at radius 2 is 1.66 bits per heavy atom. The van der Waals surface area contributed by atoms with Crippen molar-refractivity contribution >= 4 is 36.3 Å². The molecule has 0 saturated carbocycles. The van der Waals surface area contributed by atoms with Gasteiger partial charge in [-0.25, -0.2) is 0 Å². The summed E-state index contributed by atoms with van der Waals surface area (Å²) in [6, 6.07) is -2.08. The topological polar surface area (TPSA) is 189 Å². The molecule has 9 N–H and O–H groups in total. The number of nitrogens with one attached hydrogen (secondary N) is 4. The first-order valence-electron chi connectivity index (χ1n) is 9.65. The van der Waals surface area contributed by atoms with E-state index in [1.165, 1.54) is 0 Å². The lowest BCUT2D eigenvalue weighted by Gasteiger charge is -2.17. The Hall–Kier alpha value is -1.89. The molecule has 0 saturated heterocycles. The first-order valence-corrected chi connectivity index (χ1v) is 10.3. The van der Waals surface area contributed by atoms with E-state index in [1.807, 2.05) is 0 Å². The molecule has 0 fully saturated rings. The van der Waals surface area contributed by atoms with Gasteiger partial charge >= 0.3 is 5.97 Å². The minimum atomic E-state index is -1.20. The number of unbranched alkanes of at least 4 members (excludes halogenated alkanes) is 1. The fourth-order valence-electron chi connectivity index (χ4n) is 2.18. The van der Waals surface area contributed by atoms with E-state index in [4.69, 9.17) is 16.6 Å². The third kappa shape index (κ3) is 14.7. The molecular formula is C17H34N6O5S. The third-order valence-corrected chi connectivity index (χ3v) is 4.28. The zero-order valence-corrected chi connectivity index (χ0v) is 17.5. The van der Waals surface area contributed by atoms with Gasteiger partial charge in [-0.2, -0.15) is 12.6 Å². The summed E-state index contributed by atoms with van der Waals surface area (Å²) in [7, 11) is 0. The van der Waals surface area contributed by atoms with Gasteiger partial charge in [0.25, 0.3) is 0 Å². The van der Waals surface area contributed by atoms with E-state index < -0.39 is 29.9 Å². The number of carbonyl (C=O) groups is 4. The number of carboxylic acids is 1. The summed E-state index contributed by atoms with van der Waals surface area (Å²) in [5.74, 6) is -2.57. The Labute approximate surface area is 176 Å². The number of nitrogens with two attached hydrogens (primary N) is 2. The number of carboxylic acid groups (broad SMARTS) is 1. The Morgan fingerprint density at radius 1 is 0.966 bits per heavy atom. The normalized spacial score (nSPS) is 12.7. The number of amides is 3. The monoisotopic (exact) mass is 434 g/mol. The second kappa shape index (κ2) is 17.0. The molecule has 11 nitrogen and oxygen atoms in total. The summed E-state index contributed by atoms with van der Waals surface area (Å²) < 4.78 is 0. The molecule has 0 aromatic rings. The molecule has 0 unspecified atom stereocenters. The van der Waals surface area contributed by atoms with E-state index >= 15 is 0 Å². The second-order valence-electron chi connectivity index (χ2n) is 6.45. The number of rotatable bonds is 17. The van der Waals surface area contributed by atoms with Gasteiger partial charge in [0, 0.05) is 18.7 Å². The van der Waals surface area contributed by atoms with Crippen LogP contribution in [0.25, 0.3) is 0 Å². The zero-order valence-electron chi connectivity index (χ0n) is 16.6. The molecule has 0 heterocycles. The number of hydrogen-bond acceptors (Lipinski definition) is 8. The van der Waals surface area contributed by atoms with Gasteiger partial charge in [-0.05, 0) is 45.3 Å². The summed E-state index contributed by atoms with van der Waals surface area (Å²) >= 11 is 4.02. The summed E-state index contributed by atoms with van der Waals surface area (Å²) in [5, 5.41) is 19.5. The van der Waals surface area contributed by atoms with Gasteiger partial charge in [0.05, 0.1) is 6.54 Å². The average Bonchev–Trinajstić information content (AvgIpc) is 2.70. The predicted molar refractivity (Wildman–Crippen MR) is 112 cm³/mol. The molecule has 3 amide bonds. The van der Waals surface area contributed by atoms with Crippen LogP contribution in [0.1, 0.15) is 32.1 Å². The fourth-order valence-corrected chi connectivity index (χ4v) is 2.44. The molecule has 29 heavy (non-hydrogen) atoms. The highest BCUT2D eigenvalue weighted by Gasteiger charge is 2.21.